The minimum atomic E-state index is -3.31. The maximum absolute atomic E-state index is 12.1. The average Bonchev–Trinajstić information content (AvgIpc) is 2.38. The van der Waals surface area contributed by atoms with E-state index in [0.29, 0.717) is 37.3 Å². The van der Waals surface area contributed by atoms with Crippen molar-refractivity contribution in [1.82, 2.24) is 9.03 Å². The number of nitrogens with zero attached hydrogens (tertiary/aromatic N) is 1. The third-order valence-electron chi connectivity index (χ3n) is 3.39. The largest absolute Gasteiger partial charge is 0.330 e. The van der Waals surface area contributed by atoms with E-state index in [9.17, 15) is 8.42 Å². The van der Waals surface area contributed by atoms with Crippen molar-refractivity contribution in [2.24, 2.45) is 11.7 Å². The minimum absolute atomic E-state index is 0.306. The van der Waals surface area contributed by atoms with Crippen LogP contribution in [0.5, 0.6) is 0 Å². The molecule has 1 aliphatic heterocycles. The molecule has 2 atom stereocenters. The summed E-state index contributed by atoms with van der Waals surface area (Å²) in [4.78, 5) is 0. The van der Waals surface area contributed by atoms with E-state index in [1.54, 1.807) is 11.8 Å². The number of hydrogen-bond donors (Lipinski definition) is 2. The molecular weight excluding hydrogens is 270 g/mol. The summed E-state index contributed by atoms with van der Waals surface area (Å²) >= 11 is 1.75. The lowest BCUT2D eigenvalue weighted by molar-refractivity contribution is 0.268. The Hall–Kier alpha value is 0.180. The van der Waals surface area contributed by atoms with Crippen molar-refractivity contribution in [1.29, 1.82) is 0 Å². The molecule has 1 aliphatic rings. The van der Waals surface area contributed by atoms with Gasteiger partial charge in [-0.05, 0) is 38.0 Å². The first kappa shape index (κ1) is 16.2. The van der Waals surface area contributed by atoms with Gasteiger partial charge in [0, 0.05) is 24.9 Å². The molecule has 0 bridgehead atoms. The zero-order valence-corrected chi connectivity index (χ0v) is 12.9. The first-order valence-corrected chi connectivity index (χ1v) is 9.20. The normalized spacial score (nSPS) is 24.1. The molecule has 18 heavy (non-hydrogen) atoms. The molecule has 1 rings (SSSR count). The van der Waals surface area contributed by atoms with Crippen LogP contribution >= 0.6 is 11.8 Å². The lowest BCUT2D eigenvalue weighted by Gasteiger charge is -2.31. The predicted molar refractivity (Wildman–Crippen MR) is 77.9 cm³/mol. The van der Waals surface area contributed by atoms with Gasteiger partial charge in [-0.15, -0.1) is 0 Å². The van der Waals surface area contributed by atoms with E-state index < -0.39 is 10.2 Å². The Labute approximate surface area is 115 Å². The van der Waals surface area contributed by atoms with Crippen LogP contribution in [0.1, 0.15) is 26.2 Å². The molecule has 0 aromatic heterocycles. The van der Waals surface area contributed by atoms with Gasteiger partial charge in [-0.25, -0.2) is 4.72 Å². The molecule has 1 saturated heterocycles. The molecule has 0 aromatic carbocycles. The van der Waals surface area contributed by atoms with E-state index in [-0.39, 0.29) is 0 Å². The third-order valence-corrected chi connectivity index (χ3v) is 6.01. The first-order chi connectivity index (χ1) is 8.49. The van der Waals surface area contributed by atoms with Crippen molar-refractivity contribution < 1.29 is 8.42 Å². The molecule has 0 radical (unpaired) electrons. The van der Waals surface area contributed by atoms with Crippen LogP contribution < -0.4 is 10.5 Å². The summed E-state index contributed by atoms with van der Waals surface area (Å²) < 4.78 is 28.4. The Morgan fingerprint density at radius 1 is 1.56 bits per heavy atom. The van der Waals surface area contributed by atoms with Gasteiger partial charge in [-0.1, -0.05) is 6.92 Å². The zero-order chi connectivity index (χ0) is 13.6. The first-order valence-electron chi connectivity index (χ1n) is 6.47. The van der Waals surface area contributed by atoms with Crippen LogP contribution in [0.3, 0.4) is 0 Å². The van der Waals surface area contributed by atoms with E-state index in [1.807, 2.05) is 6.26 Å². The summed E-state index contributed by atoms with van der Waals surface area (Å²) in [5.74, 6) is 0.306. The number of thioether (sulfide) groups is 1. The summed E-state index contributed by atoms with van der Waals surface area (Å²) in [6.45, 7) is 4.35. The van der Waals surface area contributed by atoms with E-state index in [0.717, 1.165) is 19.3 Å². The number of nitrogens with two attached hydrogens (primary N) is 1. The highest BCUT2D eigenvalue weighted by molar-refractivity contribution is 7.99. The second kappa shape index (κ2) is 7.69. The van der Waals surface area contributed by atoms with E-state index in [1.165, 1.54) is 4.31 Å². The van der Waals surface area contributed by atoms with Crippen LogP contribution in [0.25, 0.3) is 0 Å². The molecule has 1 heterocycles. The van der Waals surface area contributed by atoms with Crippen molar-refractivity contribution >= 4 is 22.0 Å². The van der Waals surface area contributed by atoms with E-state index in [4.69, 9.17) is 5.73 Å². The van der Waals surface area contributed by atoms with Crippen molar-refractivity contribution in [3.8, 4) is 0 Å². The van der Waals surface area contributed by atoms with Gasteiger partial charge >= 0.3 is 0 Å². The number of piperidine rings is 1. The van der Waals surface area contributed by atoms with Gasteiger partial charge in [0.1, 0.15) is 0 Å². The fourth-order valence-corrected chi connectivity index (χ4v) is 3.73. The smallest absolute Gasteiger partial charge is 0.279 e. The van der Waals surface area contributed by atoms with Crippen LogP contribution in [0.2, 0.25) is 0 Å². The second-order valence-corrected chi connectivity index (χ2v) is 7.87. The molecule has 0 saturated carbocycles. The molecule has 5 nitrogen and oxygen atoms in total. The summed E-state index contributed by atoms with van der Waals surface area (Å²) in [6, 6.07) is 0. The Bertz CT molecular complexity index is 335. The fraction of sp³-hybridized carbons (Fsp3) is 1.00. The summed E-state index contributed by atoms with van der Waals surface area (Å²) in [5.41, 5.74) is 5.62. The average molecular weight is 295 g/mol. The SMILES string of the molecule is CSC(C)CCNS(=O)(=O)N1CCCC(CN)C1. The van der Waals surface area contributed by atoms with Crippen LogP contribution in [-0.4, -0.2) is 50.4 Å². The molecule has 0 amide bonds. The Morgan fingerprint density at radius 3 is 2.89 bits per heavy atom. The van der Waals surface area contributed by atoms with Crippen molar-refractivity contribution in [2.45, 2.75) is 31.4 Å². The number of rotatable bonds is 7. The van der Waals surface area contributed by atoms with E-state index >= 15 is 0 Å². The molecule has 108 valence electrons. The van der Waals surface area contributed by atoms with Crippen molar-refractivity contribution in [3.05, 3.63) is 0 Å². The Kier molecular flexibility index (Phi) is 6.94. The quantitative estimate of drug-likeness (QED) is 0.722. The van der Waals surface area contributed by atoms with Gasteiger partial charge in [0.25, 0.3) is 10.2 Å². The molecule has 7 heteroatoms. The van der Waals surface area contributed by atoms with Crippen LogP contribution in [0, 0.1) is 5.92 Å². The summed E-state index contributed by atoms with van der Waals surface area (Å²) in [7, 11) is -3.31. The Balaban J connectivity index is 2.42. The van der Waals surface area contributed by atoms with Gasteiger partial charge in [-0.3, -0.25) is 0 Å². The summed E-state index contributed by atoms with van der Waals surface area (Å²) in [6.07, 6.45) is 4.83. The van der Waals surface area contributed by atoms with Gasteiger partial charge < -0.3 is 5.73 Å². The molecule has 0 aromatic rings. The van der Waals surface area contributed by atoms with Gasteiger partial charge in [0.15, 0.2) is 0 Å². The lowest BCUT2D eigenvalue weighted by Crippen LogP contribution is -2.47. The minimum Gasteiger partial charge on any atom is -0.330 e. The lowest BCUT2D eigenvalue weighted by atomic mass is 10.0. The van der Waals surface area contributed by atoms with E-state index in [2.05, 4.69) is 11.6 Å². The molecular formula is C11H25N3O2S2. The van der Waals surface area contributed by atoms with Gasteiger partial charge in [0.2, 0.25) is 0 Å². The molecule has 2 unspecified atom stereocenters. The molecule has 3 N–H and O–H groups in total. The van der Waals surface area contributed by atoms with Gasteiger partial charge in [0.05, 0.1) is 0 Å². The summed E-state index contributed by atoms with van der Waals surface area (Å²) in [5, 5.41) is 0.478. The number of nitrogens with one attached hydrogen (secondary N) is 1. The zero-order valence-electron chi connectivity index (χ0n) is 11.3. The second-order valence-electron chi connectivity index (χ2n) is 4.84. The molecule has 1 fully saturated rings. The fourth-order valence-electron chi connectivity index (χ4n) is 2.04. The highest BCUT2D eigenvalue weighted by atomic mass is 32.2. The van der Waals surface area contributed by atoms with Crippen LogP contribution in [-0.2, 0) is 10.2 Å². The predicted octanol–water partition coefficient (Wildman–Crippen LogP) is 0.633. The van der Waals surface area contributed by atoms with Crippen molar-refractivity contribution in [3.63, 3.8) is 0 Å². The number of hydrogen-bond acceptors (Lipinski definition) is 4. The monoisotopic (exact) mass is 295 g/mol. The highest BCUT2D eigenvalue weighted by Crippen LogP contribution is 2.17. The third kappa shape index (κ3) is 5.05. The maximum atomic E-state index is 12.1. The van der Waals surface area contributed by atoms with Crippen LogP contribution in [0.4, 0.5) is 0 Å². The van der Waals surface area contributed by atoms with Crippen molar-refractivity contribution in [2.75, 3.05) is 32.4 Å². The molecule has 0 aliphatic carbocycles. The van der Waals surface area contributed by atoms with Crippen LogP contribution in [0.15, 0.2) is 0 Å². The Morgan fingerprint density at radius 2 is 2.28 bits per heavy atom. The maximum Gasteiger partial charge on any atom is 0.279 e. The highest BCUT2D eigenvalue weighted by Gasteiger charge is 2.27. The van der Waals surface area contributed by atoms with Gasteiger partial charge in [-0.2, -0.15) is 24.5 Å². The topological polar surface area (TPSA) is 75.4 Å². The molecule has 0 spiro atoms. The standard InChI is InChI=1S/C11H25N3O2S2/c1-10(17-2)5-6-13-18(15,16)14-7-3-4-11(8-12)9-14/h10-11,13H,3-9,12H2,1-2H3.